The number of carbonyl (C=O) groups is 1. The summed E-state index contributed by atoms with van der Waals surface area (Å²) in [6.45, 7) is 0. The van der Waals surface area contributed by atoms with Gasteiger partial charge >= 0.3 is 0 Å². The first-order valence-corrected chi connectivity index (χ1v) is 6.89. The number of hydrogen-bond donors (Lipinski definition) is 6. The minimum atomic E-state index is -2.46. The maximum Gasteiger partial charge on any atom is 0.287 e. The zero-order chi connectivity index (χ0) is 16.1. The third kappa shape index (κ3) is 2.39. The maximum atomic E-state index is 12.1. The summed E-state index contributed by atoms with van der Waals surface area (Å²) in [5, 5.41) is 42.4. The summed E-state index contributed by atoms with van der Waals surface area (Å²) in [5.74, 6) is -3.19. The number of rotatable bonds is 4. The Labute approximate surface area is 125 Å². The first kappa shape index (κ1) is 15.3. The number of aromatic nitrogens is 2. The SMILES string of the molecule is NC(O)[C@H]1O[C@@](O)(n2ccnc2C(=O)NC2CC2)[C@H](O)[C@@H]1O. The van der Waals surface area contributed by atoms with Crippen LogP contribution in [-0.4, -0.2) is 66.5 Å². The molecule has 3 rings (SSSR count). The first-order chi connectivity index (χ1) is 10.3. The van der Waals surface area contributed by atoms with Gasteiger partial charge in [0.2, 0.25) is 5.82 Å². The largest absolute Gasteiger partial charge is 0.387 e. The normalized spacial score (nSPS) is 36.3. The second-order valence-electron chi connectivity index (χ2n) is 5.54. The minimum absolute atomic E-state index is 0.0749. The van der Waals surface area contributed by atoms with Crippen LogP contribution in [0.25, 0.3) is 0 Å². The lowest BCUT2D eigenvalue weighted by Gasteiger charge is -2.28. The molecule has 2 heterocycles. The number of carbonyl (C=O) groups excluding carboxylic acids is 1. The van der Waals surface area contributed by atoms with Crippen molar-refractivity contribution >= 4 is 5.91 Å². The number of imidazole rings is 1. The van der Waals surface area contributed by atoms with Crippen LogP contribution in [0.5, 0.6) is 0 Å². The summed E-state index contributed by atoms with van der Waals surface area (Å²) >= 11 is 0. The van der Waals surface area contributed by atoms with E-state index in [1.165, 1.54) is 12.4 Å². The Hall–Kier alpha value is -1.56. The molecule has 2 fully saturated rings. The van der Waals surface area contributed by atoms with Gasteiger partial charge in [-0.1, -0.05) is 0 Å². The number of hydrogen-bond acceptors (Lipinski definition) is 8. The zero-order valence-corrected chi connectivity index (χ0v) is 11.5. The van der Waals surface area contributed by atoms with Gasteiger partial charge in [0.15, 0.2) is 6.10 Å². The van der Waals surface area contributed by atoms with Gasteiger partial charge in [0.25, 0.3) is 11.8 Å². The highest BCUT2D eigenvalue weighted by molar-refractivity contribution is 5.91. The standard InChI is InChI=1S/C12H18N4O6/c13-9(19)7-6(17)8(18)12(21,22-7)16-4-3-14-10(16)11(20)15-5-1-2-5/h3-9,17-19,21H,1-2,13H2,(H,15,20)/t6-,7+,8-,9?,12-/m1/s1. The number of aliphatic hydroxyl groups excluding tert-OH is 3. The van der Waals surface area contributed by atoms with Gasteiger partial charge in [0.1, 0.15) is 18.4 Å². The number of nitrogens with zero attached hydrogens (tertiary/aromatic N) is 2. The molecule has 122 valence electrons. The van der Waals surface area contributed by atoms with Crippen LogP contribution in [0.4, 0.5) is 0 Å². The van der Waals surface area contributed by atoms with E-state index >= 15 is 0 Å². The second kappa shape index (κ2) is 5.26. The Balaban J connectivity index is 1.90. The number of aliphatic hydroxyl groups is 4. The molecule has 5 atom stereocenters. The van der Waals surface area contributed by atoms with E-state index in [1.54, 1.807) is 0 Å². The highest BCUT2D eigenvalue weighted by Gasteiger charge is 2.57. The van der Waals surface area contributed by atoms with Gasteiger partial charge in [-0.3, -0.25) is 9.36 Å². The lowest BCUT2D eigenvalue weighted by molar-refractivity contribution is -0.293. The van der Waals surface area contributed by atoms with E-state index in [4.69, 9.17) is 10.5 Å². The van der Waals surface area contributed by atoms with Crippen LogP contribution < -0.4 is 11.1 Å². The number of ether oxygens (including phenoxy) is 1. The van der Waals surface area contributed by atoms with Crippen molar-refractivity contribution in [2.24, 2.45) is 5.73 Å². The van der Waals surface area contributed by atoms with Crippen molar-refractivity contribution in [2.75, 3.05) is 0 Å². The molecule has 10 heteroatoms. The van der Waals surface area contributed by atoms with Crippen LogP contribution in [0.1, 0.15) is 23.5 Å². The van der Waals surface area contributed by atoms with E-state index in [0.717, 1.165) is 17.4 Å². The molecule has 1 saturated heterocycles. The Bertz CT molecular complexity index is 574. The van der Waals surface area contributed by atoms with Gasteiger partial charge in [-0.05, 0) is 12.8 Å². The summed E-state index contributed by atoms with van der Waals surface area (Å²) in [6, 6.07) is 0.0749. The number of amides is 1. The van der Waals surface area contributed by atoms with Crippen molar-refractivity contribution in [3.8, 4) is 0 Å². The fourth-order valence-corrected chi connectivity index (χ4v) is 2.42. The Morgan fingerprint density at radius 1 is 1.55 bits per heavy atom. The van der Waals surface area contributed by atoms with Crippen molar-refractivity contribution in [3.63, 3.8) is 0 Å². The van der Waals surface area contributed by atoms with E-state index < -0.39 is 36.4 Å². The van der Waals surface area contributed by atoms with Gasteiger partial charge in [-0.15, -0.1) is 0 Å². The molecule has 7 N–H and O–H groups in total. The highest BCUT2D eigenvalue weighted by Crippen LogP contribution is 2.35. The van der Waals surface area contributed by atoms with Crippen molar-refractivity contribution in [1.82, 2.24) is 14.9 Å². The predicted molar refractivity (Wildman–Crippen MR) is 70.0 cm³/mol. The molecule has 0 spiro atoms. The third-order valence-corrected chi connectivity index (χ3v) is 3.79. The number of nitrogens with two attached hydrogens (primary N) is 1. The fraction of sp³-hybridized carbons (Fsp3) is 0.667. The molecule has 1 aliphatic carbocycles. The van der Waals surface area contributed by atoms with Crippen LogP contribution in [0.2, 0.25) is 0 Å². The van der Waals surface area contributed by atoms with Crippen molar-refractivity contribution < 1.29 is 30.0 Å². The Morgan fingerprint density at radius 3 is 2.77 bits per heavy atom. The third-order valence-electron chi connectivity index (χ3n) is 3.79. The second-order valence-corrected chi connectivity index (χ2v) is 5.54. The van der Waals surface area contributed by atoms with E-state index in [2.05, 4.69) is 10.3 Å². The first-order valence-electron chi connectivity index (χ1n) is 6.89. The molecular weight excluding hydrogens is 296 g/mol. The predicted octanol–water partition coefficient (Wildman–Crippen LogP) is -3.22. The Kier molecular flexibility index (Phi) is 3.67. The monoisotopic (exact) mass is 314 g/mol. The minimum Gasteiger partial charge on any atom is -0.387 e. The molecule has 1 saturated carbocycles. The van der Waals surface area contributed by atoms with Gasteiger partial charge in [0, 0.05) is 18.4 Å². The molecule has 1 unspecified atom stereocenters. The molecule has 22 heavy (non-hydrogen) atoms. The lowest BCUT2D eigenvalue weighted by atomic mass is 10.1. The van der Waals surface area contributed by atoms with Crippen molar-refractivity contribution in [1.29, 1.82) is 0 Å². The highest BCUT2D eigenvalue weighted by atomic mass is 16.7. The zero-order valence-electron chi connectivity index (χ0n) is 11.5. The average molecular weight is 314 g/mol. The van der Waals surface area contributed by atoms with Gasteiger partial charge in [0.05, 0.1) is 0 Å². The molecule has 1 amide bonds. The van der Waals surface area contributed by atoms with Gasteiger partial charge in [-0.2, -0.15) is 0 Å². The smallest absolute Gasteiger partial charge is 0.287 e. The summed E-state index contributed by atoms with van der Waals surface area (Å²) in [6.07, 6.45) is -2.28. The van der Waals surface area contributed by atoms with Crippen LogP contribution >= 0.6 is 0 Å². The fourth-order valence-electron chi connectivity index (χ4n) is 2.42. The van der Waals surface area contributed by atoms with Gasteiger partial charge < -0.3 is 36.2 Å². The van der Waals surface area contributed by atoms with E-state index in [1.807, 2.05) is 0 Å². The van der Waals surface area contributed by atoms with Crippen molar-refractivity contribution in [2.45, 2.75) is 49.3 Å². The molecule has 2 aliphatic rings. The molecule has 0 radical (unpaired) electrons. The van der Waals surface area contributed by atoms with Crippen molar-refractivity contribution in [3.05, 3.63) is 18.2 Å². The van der Waals surface area contributed by atoms with E-state index in [9.17, 15) is 25.2 Å². The molecule has 10 nitrogen and oxygen atoms in total. The molecule has 1 aliphatic heterocycles. The molecular formula is C12H18N4O6. The molecule has 0 bridgehead atoms. The maximum absolute atomic E-state index is 12.1. The van der Waals surface area contributed by atoms with Gasteiger partial charge in [-0.25, -0.2) is 4.98 Å². The van der Waals surface area contributed by atoms with E-state index in [-0.39, 0.29) is 11.9 Å². The lowest BCUT2D eigenvalue weighted by Crippen LogP contribution is -2.47. The van der Waals surface area contributed by atoms with Crippen LogP contribution in [-0.2, 0) is 10.6 Å². The van der Waals surface area contributed by atoms with Crippen LogP contribution in [0.15, 0.2) is 12.4 Å². The van der Waals surface area contributed by atoms with Crippen LogP contribution in [0, 0.1) is 0 Å². The summed E-state index contributed by atoms with van der Waals surface area (Å²) in [4.78, 5) is 15.9. The summed E-state index contributed by atoms with van der Waals surface area (Å²) in [5.41, 5.74) is 5.24. The average Bonchev–Trinajstić information content (AvgIpc) is 3.07. The number of nitrogens with one attached hydrogen (secondary N) is 1. The summed E-state index contributed by atoms with van der Waals surface area (Å²) < 4.78 is 6.02. The summed E-state index contributed by atoms with van der Waals surface area (Å²) in [7, 11) is 0. The molecule has 0 aromatic carbocycles. The molecule has 1 aromatic rings. The Morgan fingerprint density at radius 2 is 2.23 bits per heavy atom. The topological polar surface area (TPSA) is 163 Å². The van der Waals surface area contributed by atoms with Crippen LogP contribution in [0.3, 0.4) is 0 Å². The quantitative estimate of drug-likeness (QED) is 0.316. The van der Waals surface area contributed by atoms with E-state index in [0.29, 0.717) is 0 Å². The molecule has 1 aromatic heterocycles.